The third-order valence-corrected chi connectivity index (χ3v) is 19.9. The molecule has 18 nitrogen and oxygen atoms in total. The van der Waals surface area contributed by atoms with Gasteiger partial charge in [-0.3, -0.25) is 14.4 Å². The summed E-state index contributed by atoms with van der Waals surface area (Å²) in [6.07, 6.45) is -10.4. The number of carbonyl (C=O) groups is 3. The maximum atomic E-state index is 13.2. The Kier molecular flexibility index (Phi) is 14.4. The Morgan fingerprint density at radius 2 is 1.26 bits per heavy atom. The highest BCUT2D eigenvalue weighted by Gasteiger charge is 2.72. The second-order valence-electron chi connectivity index (χ2n) is 24.0. The Morgan fingerprint density at radius 3 is 1.93 bits per heavy atom. The topological polar surface area (TPSA) is 267 Å². The molecule has 5 saturated carbocycles. The lowest BCUT2D eigenvalue weighted by Crippen LogP contribution is -2.69. The minimum atomic E-state index is -1.79. The van der Waals surface area contributed by atoms with Crippen molar-refractivity contribution in [2.24, 2.45) is 56.2 Å². The van der Waals surface area contributed by atoms with Gasteiger partial charge in [-0.15, -0.1) is 0 Å². The highest BCUT2D eigenvalue weighted by Crippen LogP contribution is 2.77. The molecule has 3 saturated heterocycles. The SMILES string of the molecule is CC(=O)O[C@@H]1[C@@H](O)[C@H](O[C@@H]2[C@@H](O)[C@H](C)O[C@@H](O[C@H]3[C@H](O[C@H]4CC[C@@]5(C)[C@@H](CC[C@]6(C)[C@@H]5CC[C@@H]5[C@@H]7CC(C)(C)CC[C@]7(C(=O)O)CC[C@]56C)[C@]4(C)CO)OC[C@H](O)[C@@H]3O)[C@@H]2O)OC[C@@H]1OC(C)=O. The van der Waals surface area contributed by atoms with E-state index < -0.39 is 115 Å². The van der Waals surface area contributed by atoms with E-state index in [1.165, 1.54) is 6.92 Å². The number of esters is 2. The van der Waals surface area contributed by atoms with E-state index in [1.54, 1.807) is 0 Å². The van der Waals surface area contributed by atoms with Gasteiger partial charge in [-0.2, -0.15) is 0 Å². The van der Waals surface area contributed by atoms with Crippen molar-refractivity contribution in [3.8, 4) is 0 Å². The van der Waals surface area contributed by atoms with E-state index in [9.17, 15) is 50.1 Å². The predicted octanol–water partition coefficient (Wildman–Crippen LogP) is 3.21. The van der Waals surface area contributed by atoms with Crippen LogP contribution < -0.4 is 0 Å². The monoisotopic (exact) mass is 969 g/mol. The van der Waals surface area contributed by atoms with E-state index in [2.05, 4.69) is 41.5 Å². The first-order valence-corrected chi connectivity index (χ1v) is 25.2. The summed E-state index contributed by atoms with van der Waals surface area (Å²) in [7, 11) is 0. The van der Waals surface area contributed by atoms with Gasteiger partial charge in [0.25, 0.3) is 0 Å². The molecule has 0 amide bonds. The Balaban J connectivity index is 0.988. The summed E-state index contributed by atoms with van der Waals surface area (Å²) < 4.78 is 47.1. The van der Waals surface area contributed by atoms with Crippen molar-refractivity contribution < 1.29 is 88.0 Å². The Morgan fingerprint density at radius 1 is 0.618 bits per heavy atom. The first-order valence-electron chi connectivity index (χ1n) is 25.2. The van der Waals surface area contributed by atoms with Crippen molar-refractivity contribution in [2.45, 2.75) is 219 Å². The lowest BCUT2D eigenvalue weighted by molar-refractivity contribution is -0.379. The van der Waals surface area contributed by atoms with E-state index in [-0.39, 0.29) is 53.3 Å². The molecule has 8 aliphatic rings. The van der Waals surface area contributed by atoms with Crippen LogP contribution in [0.1, 0.15) is 133 Å². The number of hydrogen-bond acceptors (Lipinski definition) is 17. The van der Waals surface area contributed by atoms with Crippen molar-refractivity contribution in [3.05, 3.63) is 0 Å². The molecule has 0 aromatic carbocycles. The fourth-order valence-corrected chi connectivity index (χ4v) is 15.9. The summed E-state index contributed by atoms with van der Waals surface area (Å²) in [6, 6.07) is 0. The zero-order valence-electron chi connectivity index (χ0n) is 41.4. The molecule has 0 spiro atoms. The Hall–Kier alpha value is -2.07. The number of fused-ring (bicyclic) bond motifs is 7. The Labute approximate surface area is 400 Å². The van der Waals surface area contributed by atoms with Crippen LogP contribution in [0.3, 0.4) is 0 Å². The van der Waals surface area contributed by atoms with Crippen LogP contribution >= 0.6 is 0 Å². The average molecular weight is 969 g/mol. The van der Waals surface area contributed by atoms with Gasteiger partial charge in [0.2, 0.25) is 0 Å². The highest BCUT2D eigenvalue weighted by atomic mass is 16.8. The summed E-state index contributed by atoms with van der Waals surface area (Å²) in [5.74, 6) is -1.28. The maximum Gasteiger partial charge on any atom is 0.309 e. The quantitative estimate of drug-likeness (QED) is 0.122. The number of hydrogen-bond donors (Lipinski definition) is 7. The third kappa shape index (κ3) is 8.56. The largest absolute Gasteiger partial charge is 0.481 e. The van der Waals surface area contributed by atoms with Gasteiger partial charge in [0.15, 0.2) is 31.1 Å². The number of carbonyl (C=O) groups excluding carboxylic acids is 2. The maximum absolute atomic E-state index is 13.2. The second kappa shape index (κ2) is 18.8. The molecule has 8 rings (SSSR count). The summed E-state index contributed by atoms with van der Waals surface area (Å²) in [4.78, 5) is 36.9. The van der Waals surface area contributed by atoms with Crippen LogP contribution in [0.15, 0.2) is 0 Å². The molecule has 7 N–H and O–H groups in total. The molecule has 3 aliphatic heterocycles. The van der Waals surface area contributed by atoms with E-state index in [0.717, 1.165) is 71.6 Å². The molecule has 0 aromatic rings. The van der Waals surface area contributed by atoms with Gasteiger partial charge in [-0.25, -0.2) is 0 Å². The molecule has 3 heterocycles. The van der Waals surface area contributed by atoms with Gasteiger partial charge < -0.3 is 73.6 Å². The van der Waals surface area contributed by atoms with Crippen LogP contribution in [0.2, 0.25) is 0 Å². The molecule has 23 atom stereocenters. The van der Waals surface area contributed by atoms with Crippen LogP contribution in [0.4, 0.5) is 0 Å². The number of rotatable bonds is 10. The van der Waals surface area contributed by atoms with Crippen LogP contribution in [0, 0.1) is 56.2 Å². The summed E-state index contributed by atoms with van der Waals surface area (Å²) in [5.41, 5.74) is -1.61. The first kappa shape index (κ1) is 52.3. The van der Waals surface area contributed by atoms with Gasteiger partial charge in [-0.05, 0) is 123 Å². The van der Waals surface area contributed by atoms with Crippen LogP contribution in [0.5, 0.6) is 0 Å². The van der Waals surface area contributed by atoms with E-state index in [1.807, 2.05) is 0 Å². The molecule has 8 fully saturated rings. The molecule has 0 bridgehead atoms. The fraction of sp³-hybridized carbons (Fsp3) is 0.940. The molecule has 18 heteroatoms. The summed E-state index contributed by atoms with van der Waals surface area (Å²) in [6.45, 7) is 17.0. The zero-order valence-corrected chi connectivity index (χ0v) is 41.4. The number of carboxylic acids is 1. The first-order chi connectivity index (χ1) is 31.8. The molecule has 5 aliphatic carbocycles. The molecule has 0 unspecified atom stereocenters. The minimum absolute atomic E-state index is 0.0385. The normalized spacial score (nSPS) is 52.3. The van der Waals surface area contributed by atoms with Gasteiger partial charge >= 0.3 is 17.9 Å². The highest BCUT2D eigenvalue weighted by molar-refractivity contribution is 5.75. The van der Waals surface area contributed by atoms with E-state index in [4.69, 9.17) is 37.9 Å². The molecule has 0 aromatic heterocycles. The smallest absolute Gasteiger partial charge is 0.309 e. The number of aliphatic carboxylic acids is 1. The molecule has 68 heavy (non-hydrogen) atoms. The van der Waals surface area contributed by atoms with Crippen molar-refractivity contribution in [2.75, 3.05) is 19.8 Å². The van der Waals surface area contributed by atoms with Crippen molar-refractivity contribution in [1.82, 2.24) is 0 Å². The number of aliphatic hydroxyl groups is 6. The summed E-state index contributed by atoms with van der Waals surface area (Å²) in [5, 5.41) is 78.8. The van der Waals surface area contributed by atoms with E-state index >= 15 is 0 Å². The average Bonchev–Trinajstić information content (AvgIpc) is 3.26. The van der Waals surface area contributed by atoms with Crippen molar-refractivity contribution in [1.29, 1.82) is 0 Å². The van der Waals surface area contributed by atoms with Crippen molar-refractivity contribution in [3.63, 3.8) is 0 Å². The number of carboxylic acid groups (broad SMARTS) is 1. The Bertz CT molecular complexity index is 1870. The van der Waals surface area contributed by atoms with Gasteiger partial charge in [-0.1, -0.05) is 41.5 Å². The predicted molar refractivity (Wildman–Crippen MR) is 238 cm³/mol. The molecular weight excluding hydrogens is 889 g/mol. The fourth-order valence-electron chi connectivity index (χ4n) is 15.9. The number of aliphatic hydroxyl groups excluding tert-OH is 6. The lowest BCUT2D eigenvalue weighted by atomic mass is 9.31. The minimum Gasteiger partial charge on any atom is -0.481 e. The number of ether oxygens (including phenoxy) is 8. The van der Waals surface area contributed by atoms with Gasteiger partial charge in [0.1, 0.15) is 42.7 Å². The zero-order chi connectivity index (χ0) is 49.7. The molecular formula is C50H80O18. The summed E-state index contributed by atoms with van der Waals surface area (Å²) >= 11 is 0. The van der Waals surface area contributed by atoms with Crippen LogP contribution in [-0.4, -0.2) is 159 Å². The standard InChI is InChI=1S/C50H80O18/c1-24-34(55)39(67-41-36(57)38(65-26(3)53)30(22-62-41)64-25(2)52)37(58)42(63-24)68-40-35(56)29(54)21-61-43(40)66-33-13-14-46(6)31(47(33,7)23-51)12-15-49(9)32(46)11-10-27-28-20-45(4,5)16-18-50(28,44(59)60)19-17-48(27,49)8/h24,27-43,51,54-58H,10-23H2,1-9H3,(H,59,60)/t24-,27+,28-,29-,30-,31+,32+,33-,34-,35-,36+,37+,38-,39+,40+,41-,42-,43-,46-,47-,48+,49+,50-/m0/s1. The van der Waals surface area contributed by atoms with Gasteiger partial charge in [0.05, 0.1) is 37.4 Å². The van der Waals surface area contributed by atoms with Crippen molar-refractivity contribution >= 4 is 17.9 Å². The third-order valence-electron chi connectivity index (χ3n) is 19.9. The van der Waals surface area contributed by atoms with Gasteiger partial charge in [0, 0.05) is 19.3 Å². The molecule has 388 valence electrons. The van der Waals surface area contributed by atoms with Crippen LogP contribution in [-0.2, 0) is 52.3 Å². The van der Waals surface area contributed by atoms with Crippen LogP contribution in [0.25, 0.3) is 0 Å². The molecule has 0 radical (unpaired) electrons. The second-order valence-corrected chi connectivity index (χ2v) is 24.0. The van der Waals surface area contributed by atoms with E-state index in [0.29, 0.717) is 24.7 Å². The lowest BCUT2D eigenvalue weighted by Gasteiger charge is -2.73.